The number of anilines is 1. The van der Waals surface area contributed by atoms with E-state index in [-0.39, 0.29) is 23.1 Å². The van der Waals surface area contributed by atoms with Gasteiger partial charge in [0, 0.05) is 18.8 Å². The lowest BCUT2D eigenvalue weighted by molar-refractivity contribution is -0.120. The van der Waals surface area contributed by atoms with Crippen LogP contribution < -0.4 is 5.32 Å². The summed E-state index contributed by atoms with van der Waals surface area (Å²) in [6, 6.07) is 15.6. The molecule has 8 heteroatoms. The molecule has 3 aromatic rings. The van der Waals surface area contributed by atoms with Gasteiger partial charge in [-0.05, 0) is 61.9 Å². The molecular weight excluding hydrogens is 474 g/mol. The minimum atomic E-state index is -3.90. The summed E-state index contributed by atoms with van der Waals surface area (Å²) in [7, 11) is -3.90. The topological polar surface area (TPSA) is 92.5 Å². The second-order valence-electron chi connectivity index (χ2n) is 9.67. The van der Waals surface area contributed by atoms with Gasteiger partial charge in [-0.3, -0.25) is 4.79 Å². The molecule has 1 N–H and O–H groups in total. The van der Waals surface area contributed by atoms with Crippen LogP contribution in [0.5, 0.6) is 0 Å². The van der Waals surface area contributed by atoms with E-state index in [1.165, 1.54) is 9.87 Å². The van der Waals surface area contributed by atoms with Crippen LogP contribution in [0, 0.1) is 19.8 Å². The molecule has 0 bridgehead atoms. The molecule has 0 saturated carbocycles. The molecule has 1 aliphatic heterocycles. The molecule has 4 rings (SSSR count). The molecule has 1 fully saturated rings. The van der Waals surface area contributed by atoms with Gasteiger partial charge in [-0.1, -0.05) is 67.0 Å². The summed E-state index contributed by atoms with van der Waals surface area (Å²) in [5.41, 5.74) is 4.27. The van der Waals surface area contributed by atoms with E-state index in [1.54, 1.807) is 19.1 Å². The van der Waals surface area contributed by atoms with Crippen LogP contribution in [0.3, 0.4) is 0 Å². The van der Waals surface area contributed by atoms with Crippen molar-refractivity contribution in [3.63, 3.8) is 0 Å². The molecule has 0 aliphatic carbocycles. The van der Waals surface area contributed by atoms with Crippen molar-refractivity contribution in [3.05, 3.63) is 76.7 Å². The smallest absolute Gasteiger partial charge is 0.248 e. The molecule has 2 aromatic carbocycles. The number of rotatable bonds is 7. The van der Waals surface area contributed by atoms with Gasteiger partial charge < -0.3 is 9.84 Å². The van der Waals surface area contributed by atoms with Gasteiger partial charge in [-0.15, -0.1) is 0 Å². The largest absolute Gasteiger partial charge is 0.355 e. The Balaban J connectivity index is 1.49. The number of hydrogen-bond acceptors (Lipinski definition) is 5. The van der Waals surface area contributed by atoms with Crippen LogP contribution >= 0.6 is 0 Å². The van der Waals surface area contributed by atoms with Gasteiger partial charge in [0.1, 0.15) is 5.69 Å². The van der Waals surface area contributed by atoms with Crippen molar-refractivity contribution < 1.29 is 17.7 Å². The highest BCUT2D eigenvalue weighted by Crippen LogP contribution is 2.30. The fourth-order valence-electron chi connectivity index (χ4n) is 4.35. The number of nitrogens with zero attached hydrogens (tertiary/aromatic N) is 2. The van der Waals surface area contributed by atoms with Crippen LogP contribution in [0.15, 0.2) is 57.9 Å². The van der Waals surface area contributed by atoms with Crippen molar-refractivity contribution in [3.8, 4) is 0 Å². The highest BCUT2D eigenvalue weighted by molar-refractivity contribution is 7.89. The van der Waals surface area contributed by atoms with Crippen molar-refractivity contribution in [2.75, 3.05) is 18.4 Å². The Kier molecular flexibility index (Phi) is 7.76. The fourth-order valence-corrected chi connectivity index (χ4v) is 6.12. The van der Waals surface area contributed by atoms with Crippen molar-refractivity contribution in [2.24, 2.45) is 5.92 Å². The lowest BCUT2D eigenvalue weighted by Gasteiger charge is -2.31. The third kappa shape index (κ3) is 5.77. The summed E-state index contributed by atoms with van der Waals surface area (Å²) in [4.78, 5) is 13.0. The van der Waals surface area contributed by atoms with Gasteiger partial charge >= 0.3 is 0 Å². The molecule has 1 saturated heterocycles. The maximum Gasteiger partial charge on any atom is 0.248 e. The number of nitrogens with one attached hydrogen (secondary N) is 1. The van der Waals surface area contributed by atoms with Crippen LogP contribution in [0.4, 0.5) is 5.69 Å². The number of carbonyl (C=O) groups excluding carboxylic acids is 1. The Hall–Kier alpha value is -3.23. The second-order valence-corrected chi connectivity index (χ2v) is 11.5. The molecule has 1 aliphatic rings. The first-order chi connectivity index (χ1) is 17.1. The van der Waals surface area contributed by atoms with E-state index in [4.69, 9.17) is 4.52 Å². The highest BCUT2D eigenvalue weighted by atomic mass is 32.2. The molecule has 1 atom stereocenters. The van der Waals surface area contributed by atoms with Gasteiger partial charge in [0.15, 0.2) is 10.7 Å². The van der Waals surface area contributed by atoms with Gasteiger partial charge in [-0.2, -0.15) is 4.31 Å². The molecule has 1 amide bonds. The Morgan fingerprint density at radius 1 is 1.08 bits per heavy atom. The maximum atomic E-state index is 13.6. The van der Waals surface area contributed by atoms with E-state index in [0.717, 1.165) is 11.1 Å². The van der Waals surface area contributed by atoms with Crippen molar-refractivity contribution in [2.45, 2.75) is 51.3 Å². The Morgan fingerprint density at radius 2 is 1.78 bits per heavy atom. The zero-order valence-electron chi connectivity index (χ0n) is 21.2. The summed E-state index contributed by atoms with van der Waals surface area (Å²) >= 11 is 0. The number of amides is 1. The zero-order chi connectivity index (χ0) is 25.9. The lowest BCUT2D eigenvalue weighted by atomic mass is 9.98. The van der Waals surface area contributed by atoms with E-state index in [0.29, 0.717) is 36.7 Å². The predicted molar refractivity (Wildman–Crippen MR) is 142 cm³/mol. The number of hydrogen-bond donors (Lipinski definition) is 1. The third-order valence-corrected chi connectivity index (χ3v) is 8.56. The second kappa shape index (κ2) is 10.8. The number of aromatic nitrogens is 1. The molecule has 0 radical (unpaired) electrons. The van der Waals surface area contributed by atoms with Crippen molar-refractivity contribution in [1.82, 2.24) is 9.46 Å². The van der Waals surface area contributed by atoms with Gasteiger partial charge in [-0.25, -0.2) is 8.42 Å². The molecule has 1 aromatic heterocycles. The van der Waals surface area contributed by atoms with E-state index >= 15 is 0 Å². The van der Waals surface area contributed by atoms with Crippen LogP contribution in [0.1, 0.15) is 60.8 Å². The van der Waals surface area contributed by atoms with Crippen LogP contribution in [-0.2, 0) is 14.8 Å². The molecule has 2 heterocycles. The Bertz CT molecular complexity index is 1340. The highest BCUT2D eigenvalue weighted by Gasteiger charge is 2.37. The number of sulfonamides is 1. The number of benzene rings is 2. The van der Waals surface area contributed by atoms with E-state index in [9.17, 15) is 13.2 Å². The van der Waals surface area contributed by atoms with E-state index in [2.05, 4.69) is 24.3 Å². The fraction of sp³-hybridized carbons (Fsp3) is 0.357. The number of carbonyl (C=O) groups is 1. The molecule has 190 valence electrons. The number of piperidine rings is 1. The summed E-state index contributed by atoms with van der Waals surface area (Å²) in [6.07, 6.45) is 4.66. The maximum absolute atomic E-state index is 13.6. The Morgan fingerprint density at radius 3 is 2.44 bits per heavy atom. The van der Waals surface area contributed by atoms with Crippen LogP contribution in [-0.4, -0.2) is 36.9 Å². The lowest BCUT2D eigenvalue weighted by Crippen LogP contribution is -2.43. The summed E-state index contributed by atoms with van der Waals surface area (Å²) in [6.45, 7) is 8.32. The van der Waals surface area contributed by atoms with Gasteiger partial charge in [0.2, 0.25) is 15.9 Å². The number of aryl methyl sites for hydroxylation is 2. The quantitative estimate of drug-likeness (QED) is 0.448. The van der Waals surface area contributed by atoms with E-state index < -0.39 is 15.9 Å². The first-order valence-corrected chi connectivity index (χ1v) is 13.7. The predicted octanol–water partition coefficient (Wildman–Crippen LogP) is 5.62. The molecule has 0 spiro atoms. The molecule has 36 heavy (non-hydrogen) atoms. The monoisotopic (exact) mass is 507 g/mol. The normalized spacial score (nSPS) is 17.1. The minimum absolute atomic E-state index is 0.0520. The van der Waals surface area contributed by atoms with Crippen molar-refractivity contribution >= 4 is 33.8 Å². The van der Waals surface area contributed by atoms with E-state index in [1.807, 2.05) is 55.5 Å². The third-order valence-electron chi connectivity index (χ3n) is 6.54. The summed E-state index contributed by atoms with van der Waals surface area (Å²) in [5, 5.41) is 6.87. The first kappa shape index (κ1) is 25.9. The first-order valence-electron chi connectivity index (χ1n) is 12.3. The average Bonchev–Trinajstić information content (AvgIpc) is 3.25. The van der Waals surface area contributed by atoms with Crippen LogP contribution in [0.25, 0.3) is 12.2 Å². The van der Waals surface area contributed by atoms with Gasteiger partial charge in [0.25, 0.3) is 0 Å². The SMILES string of the molecule is Cc1ccc(/C=C/c2onc(C)c2S(=O)(=O)N2CCC[C@H](C(=O)Nc3ccc(C(C)C)cc3)C2)cc1. The molecule has 0 unspecified atom stereocenters. The standard InChI is InChI=1S/C28H33N3O4S/c1-19(2)23-12-14-25(15-13-23)29-28(32)24-6-5-17-31(18-24)36(33,34)27-21(4)30-35-26(27)16-11-22-9-7-20(3)8-10-22/h7-16,19,24H,5-6,17-18H2,1-4H3,(H,29,32)/b16-11+/t24-/m0/s1. The van der Waals surface area contributed by atoms with Crippen LogP contribution in [0.2, 0.25) is 0 Å². The minimum Gasteiger partial charge on any atom is -0.355 e. The van der Waals surface area contributed by atoms with Gasteiger partial charge in [0.05, 0.1) is 5.92 Å². The molecule has 7 nitrogen and oxygen atoms in total. The summed E-state index contributed by atoms with van der Waals surface area (Å²) in [5.74, 6) is -0.0204. The average molecular weight is 508 g/mol. The molecular formula is C28H33N3O4S. The summed E-state index contributed by atoms with van der Waals surface area (Å²) < 4.78 is 34.0. The zero-order valence-corrected chi connectivity index (χ0v) is 22.0. The van der Waals surface area contributed by atoms with Crippen molar-refractivity contribution in [1.29, 1.82) is 0 Å². The Labute approximate surface area is 213 Å².